The van der Waals surface area contributed by atoms with Gasteiger partial charge in [0.25, 0.3) is 5.56 Å². The van der Waals surface area contributed by atoms with E-state index in [1.54, 1.807) is 0 Å². The summed E-state index contributed by atoms with van der Waals surface area (Å²) in [6.45, 7) is 3.90. The van der Waals surface area contributed by atoms with E-state index >= 15 is 0 Å². The van der Waals surface area contributed by atoms with Gasteiger partial charge in [-0.05, 0) is 37.1 Å². The van der Waals surface area contributed by atoms with Crippen LogP contribution in [0.5, 0.6) is 5.88 Å². The predicted octanol–water partition coefficient (Wildman–Crippen LogP) is 1.41. The van der Waals surface area contributed by atoms with Crippen molar-refractivity contribution in [2.75, 3.05) is 11.5 Å². The molecule has 2 rings (SSSR count). The van der Waals surface area contributed by atoms with Crippen molar-refractivity contribution in [2.24, 2.45) is 0 Å². The topological polar surface area (TPSA) is 118 Å². The molecule has 0 amide bonds. The molecule has 100 valence electrons. The van der Waals surface area contributed by atoms with Gasteiger partial charge in [0.2, 0.25) is 11.8 Å². The Labute approximate surface area is 113 Å². The third-order valence-corrected chi connectivity index (χ3v) is 3.86. The van der Waals surface area contributed by atoms with Crippen LogP contribution in [0.1, 0.15) is 11.1 Å². The molecule has 0 atom stereocenters. The number of H-pyrrole nitrogens is 1. The highest BCUT2D eigenvalue weighted by atomic mass is 32.2. The number of nitrogens with zero attached hydrogens (tertiary/aromatic N) is 1. The molecule has 0 saturated heterocycles. The van der Waals surface area contributed by atoms with Crippen LogP contribution in [0.3, 0.4) is 0 Å². The maximum Gasteiger partial charge on any atom is 0.270 e. The Hall–Kier alpha value is -2.15. The Morgan fingerprint density at radius 3 is 2.53 bits per heavy atom. The van der Waals surface area contributed by atoms with Crippen LogP contribution in [0.25, 0.3) is 0 Å². The molecule has 1 aromatic heterocycles. The summed E-state index contributed by atoms with van der Waals surface area (Å²) in [5.41, 5.74) is 13.4. The molecule has 0 unspecified atom stereocenters. The molecule has 0 spiro atoms. The van der Waals surface area contributed by atoms with E-state index in [0.29, 0.717) is 10.6 Å². The number of aromatic amines is 1. The van der Waals surface area contributed by atoms with Crippen molar-refractivity contribution in [3.8, 4) is 5.88 Å². The second kappa shape index (κ2) is 4.85. The summed E-state index contributed by atoms with van der Waals surface area (Å²) in [6, 6.07) is 3.69. The first-order chi connectivity index (χ1) is 8.88. The molecule has 0 radical (unpaired) electrons. The van der Waals surface area contributed by atoms with Crippen molar-refractivity contribution >= 4 is 23.4 Å². The summed E-state index contributed by atoms with van der Waals surface area (Å²) < 4.78 is 0. The second-order valence-electron chi connectivity index (χ2n) is 4.18. The van der Waals surface area contributed by atoms with Crippen LogP contribution in [0.15, 0.2) is 26.7 Å². The van der Waals surface area contributed by atoms with Gasteiger partial charge in [-0.3, -0.25) is 9.78 Å². The zero-order chi connectivity index (χ0) is 14.2. The third kappa shape index (κ3) is 2.65. The second-order valence-corrected chi connectivity index (χ2v) is 5.23. The van der Waals surface area contributed by atoms with E-state index in [0.717, 1.165) is 22.9 Å². The molecule has 0 saturated carbocycles. The Kier molecular flexibility index (Phi) is 3.39. The average Bonchev–Trinajstić information content (AvgIpc) is 2.29. The number of benzene rings is 1. The number of rotatable bonds is 2. The number of hydrogen-bond acceptors (Lipinski definition) is 6. The van der Waals surface area contributed by atoms with E-state index in [9.17, 15) is 9.90 Å². The van der Waals surface area contributed by atoms with Gasteiger partial charge in [0, 0.05) is 10.6 Å². The molecule has 2 aromatic rings. The lowest BCUT2D eigenvalue weighted by Gasteiger charge is -2.09. The Morgan fingerprint density at radius 2 is 1.89 bits per heavy atom. The van der Waals surface area contributed by atoms with Gasteiger partial charge in [-0.2, -0.15) is 4.98 Å². The van der Waals surface area contributed by atoms with Crippen molar-refractivity contribution in [3.05, 3.63) is 33.6 Å². The lowest BCUT2D eigenvalue weighted by Crippen LogP contribution is -2.12. The minimum atomic E-state index is -0.493. The minimum absolute atomic E-state index is 0.0733. The molecule has 0 aliphatic carbocycles. The number of nitrogen functional groups attached to an aromatic ring is 2. The van der Waals surface area contributed by atoms with Crippen LogP contribution in [-0.2, 0) is 0 Å². The standard InChI is InChI=1S/C12H14N4O2S/c1-5-3-7(13)8(4-6(5)2)19-9-10(17)15-12(14)16-11(9)18/h3-4H,13H2,1-2H3,(H4,14,15,16,17,18). The van der Waals surface area contributed by atoms with Gasteiger partial charge in [0.05, 0.1) is 0 Å². The zero-order valence-electron chi connectivity index (χ0n) is 10.5. The number of aromatic hydroxyl groups is 1. The van der Waals surface area contributed by atoms with E-state index in [4.69, 9.17) is 11.5 Å². The molecule has 0 aliphatic heterocycles. The normalized spacial score (nSPS) is 10.6. The first kappa shape index (κ1) is 13.3. The Balaban J connectivity index is 2.48. The minimum Gasteiger partial charge on any atom is -0.492 e. The molecule has 7 heteroatoms. The molecular formula is C12H14N4O2S. The monoisotopic (exact) mass is 278 g/mol. The van der Waals surface area contributed by atoms with Crippen molar-refractivity contribution in [3.63, 3.8) is 0 Å². The average molecular weight is 278 g/mol. The van der Waals surface area contributed by atoms with Crippen LogP contribution < -0.4 is 17.0 Å². The van der Waals surface area contributed by atoms with Crippen LogP contribution in [-0.4, -0.2) is 15.1 Å². The number of aryl methyl sites for hydroxylation is 2. The van der Waals surface area contributed by atoms with Crippen LogP contribution in [0, 0.1) is 13.8 Å². The van der Waals surface area contributed by atoms with Gasteiger partial charge in [-0.25, -0.2) is 0 Å². The van der Waals surface area contributed by atoms with Crippen LogP contribution in [0.2, 0.25) is 0 Å². The summed E-state index contributed by atoms with van der Waals surface area (Å²) in [7, 11) is 0. The molecule has 1 heterocycles. The summed E-state index contributed by atoms with van der Waals surface area (Å²) >= 11 is 1.06. The summed E-state index contributed by atoms with van der Waals surface area (Å²) in [6.07, 6.45) is 0. The number of aromatic nitrogens is 2. The van der Waals surface area contributed by atoms with E-state index in [-0.39, 0.29) is 10.8 Å². The molecule has 0 aliphatic rings. The zero-order valence-corrected chi connectivity index (χ0v) is 11.3. The van der Waals surface area contributed by atoms with E-state index < -0.39 is 11.4 Å². The van der Waals surface area contributed by atoms with Crippen molar-refractivity contribution < 1.29 is 5.11 Å². The van der Waals surface area contributed by atoms with E-state index in [1.807, 2.05) is 26.0 Å². The fraction of sp³-hybridized carbons (Fsp3) is 0.167. The van der Waals surface area contributed by atoms with Crippen molar-refractivity contribution in [1.82, 2.24) is 9.97 Å². The molecule has 19 heavy (non-hydrogen) atoms. The van der Waals surface area contributed by atoms with Crippen molar-refractivity contribution in [2.45, 2.75) is 23.6 Å². The largest absolute Gasteiger partial charge is 0.492 e. The highest BCUT2D eigenvalue weighted by molar-refractivity contribution is 7.99. The van der Waals surface area contributed by atoms with Gasteiger partial charge in [0.1, 0.15) is 4.90 Å². The summed E-state index contributed by atoms with van der Waals surface area (Å²) in [5.74, 6) is -0.524. The lowest BCUT2D eigenvalue weighted by atomic mass is 10.1. The first-order valence-electron chi connectivity index (χ1n) is 5.52. The maximum absolute atomic E-state index is 11.7. The van der Waals surface area contributed by atoms with Crippen LogP contribution >= 0.6 is 11.8 Å². The maximum atomic E-state index is 11.7. The Morgan fingerprint density at radius 1 is 1.26 bits per heavy atom. The number of nitrogens with two attached hydrogens (primary N) is 2. The van der Waals surface area contributed by atoms with Gasteiger partial charge in [0.15, 0.2) is 0 Å². The quantitative estimate of drug-likeness (QED) is 0.617. The summed E-state index contributed by atoms with van der Waals surface area (Å²) in [5, 5.41) is 9.68. The molecular weight excluding hydrogens is 264 g/mol. The molecule has 1 aromatic carbocycles. The number of anilines is 2. The fourth-order valence-corrected chi connectivity index (χ4v) is 2.48. The predicted molar refractivity (Wildman–Crippen MR) is 75.4 cm³/mol. The van der Waals surface area contributed by atoms with E-state index in [1.165, 1.54) is 0 Å². The van der Waals surface area contributed by atoms with Gasteiger partial charge >= 0.3 is 0 Å². The smallest absolute Gasteiger partial charge is 0.270 e. The summed E-state index contributed by atoms with van der Waals surface area (Å²) in [4.78, 5) is 18.4. The van der Waals surface area contributed by atoms with Gasteiger partial charge in [-0.1, -0.05) is 11.8 Å². The number of nitrogens with one attached hydrogen (secondary N) is 1. The fourth-order valence-electron chi connectivity index (χ4n) is 1.57. The molecule has 0 bridgehead atoms. The van der Waals surface area contributed by atoms with Crippen molar-refractivity contribution in [1.29, 1.82) is 0 Å². The highest BCUT2D eigenvalue weighted by Crippen LogP contribution is 2.35. The first-order valence-corrected chi connectivity index (χ1v) is 6.33. The number of hydrogen-bond donors (Lipinski definition) is 4. The Bertz CT molecular complexity index is 697. The third-order valence-electron chi connectivity index (χ3n) is 2.72. The highest BCUT2D eigenvalue weighted by Gasteiger charge is 2.13. The molecule has 0 fully saturated rings. The molecule has 6 N–H and O–H groups in total. The lowest BCUT2D eigenvalue weighted by molar-refractivity contribution is 0.437. The SMILES string of the molecule is Cc1cc(N)c(Sc2c(O)nc(N)[nH]c2=O)cc1C. The van der Waals surface area contributed by atoms with Gasteiger partial charge in [-0.15, -0.1) is 0 Å². The van der Waals surface area contributed by atoms with Gasteiger partial charge < -0.3 is 16.6 Å². The molecule has 6 nitrogen and oxygen atoms in total. The van der Waals surface area contributed by atoms with Crippen LogP contribution in [0.4, 0.5) is 11.6 Å². The van der Waals surface area contributed by atoms with E-state index in [2.05, 4.69) is 9.97 Å².